The molecule has 5 nitrogen and oxygen atoms in total. The van der Waals surface area contributed by atoms with Gasteiger partial charge in [-0.2, -0.15) is 0 Å². The molecule has 2 aliphatic rings. The lowest BCUT2D eigenvalue weighted by Crippen LogP contribution is -2.39. The first-order valence-corrected chi connectivity index (χ1v) is 15.8. The summed E-state index contributed by atoms with van der Waals surface area (Å²) in [5, 5.41) is 1.11. The van der Waals surface area contributed by atoms with Gasteiger partial charge in [-0.25, -0.2) is 4.99 Å². The van der Waals surface area contributed by atoms with Crippen LogP contribution in [0.5, 0.6) is 5.75 Å². The molecular formula is C38H31N3O2S. The van der Waals surface area contributed by atoms with Gasteiger partial charge in [0.15, 0.2) is 4.80 Å². The van der Waals surface area contributed by atoms with Crippen molar-refractivity contribution in [2.75, 3.05) is 7.11 Å². The molecule has 216 valence electrons. The molecule has 1 aliphatic carbocycles. The first kappa shape index (κ1) is 26.7. The molecule has 44 heavy (non-hydrogen) atoms. The van der Waals surface area contributed by atoms with Crippen molar-refractivity contribution in [3.05, 3.63) is 150 Å². The Labute approximate surface area is 259 Å². The summed E-state index contributed by atoms with van der Waals surface area (Å²) in [5.41, 5.74) is 12.1. The van der Waals surface area contributed by atoms with Crippen molar-refractivity contribution >= 4 is 34.0 Å². The first-order chi connectivity index (χ1) is 21.5. The highest BCUT2D eigenvalue weighted by Crippen LogP contribution is 2.43. The molecule has 3 heterocycles. The molecule has 0 fully saturated rings. The summed E-state index contributed by atoms with van der Waals surface area (Å²) in [6.45, 7) is 4.25. The lowest BCUT2D eigenvalue weighted by Gasteiger charge is -2.31. The molecule has 1 N–H and O–H groups in total. The molecule has 4 aromatic carbocycles. The van der Waals surface area contributed by atoms with E-state index in [0.29, 0.717) is 9.33 Å². The van der Waals surface area contributed by atoms with E-state index in [1.807, 2.05) is 41.0 Å². The fraction of sp³-hybridized carbons (Fsp3) is 0.158. The summed E-state index contributed by atoms with van der Waals surface area (Å²) in [6, 6.07) is 31.0. The highest BCUT2D eigenvalue weighted by atomic mass is 32.1. The fourth-order valence-corrected chi connectivity index (χ4v) is 7.96. The SMILES string of the molecule is COc1ccccc1[C@@H]1C2=C(N=c3s/c(=C/c4c(-c5ccccc5)[nH]c5c(C)cc(C)cc45)c(=O)n31)c1ccccc1CC2. The molecule has 0 spiro atoms. The van der Waals surface area contributed by atoms with Gasteiger partial charge in [0.2, 0.25) is 0 Å². The monoisotopic (exact) mass is 593 g/mol. The number of methoxy groups -OCH3 is 1. The van der Waals surface area contributed by atoms with Gasteiger partial charge in [-0.3, -0.25) is 9.36 Å². The quantitative estimate of drug-likeness (QED) is 0.237. The third kappa shape index (κ3) is 4.13. The average molecular weight is 594 g/mol. The number of nitrogens with one attached hydrogen (secondary N) is 1. The minimum atomic E-state index is -0.297. The number of aromatic nitrogens is 2. The van der Waals surface area contributed by atoms with Crippen LogP contribution < -0.4 is 19.6 Å². The van der Waals surface area contributed by atoms with Gasteiger partial charge in [0, 0.05) is 27.6 Å². The molecule has 1 aliphatic heterocycles. The molecule has 1 atom stereocenters. The highest BCUT2D eigenvalue weighted by Gasteiger charge is 2.34. The van der Waals surface area contributed by atoms with Gasteiger partial charge < -0.3 is 9.72 Å². The summed E-state index contributed by atoms with van der Waals surface area (Å²) in [6.07, 6.45) is 3.82. The van der Waals surface area contributed by atoms with Crippen molar-refractivity contribution in [1.82, 2.24) is 9.55 Å². The molecule has 0 radical (unpaired) electrons. The Balaban J connectivity index is 1.43. The summed E-state index contributed by atoms with van der Waals surface area (Å²) >= 11 is 1.46. The molecule has 0 saturated carbocycles. The summed E-state index contributed by atoms with van der Waals surface area (Å²) in [5.74, 6) is 0.772. The van der Waals surface area contributed by atoms with E-state index in [1.54, 1.807) is 7.11 Å². The lowest BCUT2D eigenvalue weighted by molar-refractivity contribution is 0.402. The van der Waals surface area contributed by atoms with Gasteiger partial charge in [0.05, 0.1) is 29.1 Å². The molecule has 0 saturated heterocycles. The standard InChI is InChI=1S/C38H31N3O2S/c1-22-19-23(2)33-29(20-22)30(34(39-33)25-12-5-4-6-13-25)21-32-37(42)41-36(27-15-9-10-16-31(27)43-3)28-18-17-24-11-7-8-14-26(24)35(28)40-38(41)44-32/h4-16,19-21,36,39H,17-18H2,1-3H3/b32-21+/t36-/m1/s1. The van der Waals surface area contributed by atoms with Crippen molar-refractivity contribution in [1.29, 1.82) is 0 Å². The molecular weight excluding hydrogens is 563 g/mol. The van der Waals surface area contributed by atoms with Crippen molar-refractivity contribution in [2.45, 2.75) is 32.7 Å². The largest absolute Gasteiger partial charge is 0.496 e. The zero-order chi connectivity index (χ0) is 29.9. The molecule has 6 aromatic rings. The Morgan fingerprint density at radius 3 is 2.57 bits per heavy atom. The van der Waals surface area contributed by atoms with Gasteiger partial charge >= 0.3 is 0 Å². The van der Waals surface area contributed by atoms with Gasteiger partial charge in [0.1, 0.15) is 5.75 Å². The van der Waals surface area contributed by atoms with Crippen LogP contribution in [-0.2, 0) is 6.42 Å². The van der Waals surface area contributed by atoms with Crippen LogP contribution in [0.1, 0.15) is 45.8 Å². The predicted octanol–water partition coefficient (Wildman–Crippen LogP) is 7.09. The molecule has 0 amide bonds. The van der Waals surface area contributed by atoms with Crippen molar-refractivity contribution < 1.29 is 4.74 Å². The number of H-pyrrole nitrogens is 1. The Bertz CT molecular complexity index is 2320. The zero-order valence-corrected chi connectivity index (χ0v) is 25.7. The molecule has 0 unspecified atom stereocenters. The number of hydrogen-bond acceptors (Lipinski definition) is 4. The van der Waals surface area contributed by atoms with Crippen LogP contribution in [0.15, 0.2) is 106 Å². The van der Waals surface area contributed by atoms with Crippen molar-refractivity contribution in [2.24, 2.45) is 4.99 Å². The van der Waals surface area contributed by atoms with Crippen LogP contribution >= 0.6 is 11.3 Å². The number of fused-ring (bicyclic) bond motifs is 4. The van der Waals surface area contributed by atoms with E-state index < -0.39 is 0 Å². The topological polar surface area (TPSA) is 59.4 Å². The van der Waals surface area contributed by atoms with Gasteiger partial charge in [-0.1, -0.05) is 95.8 Å². The van der Waals surface area contributed by atoms with Gasteiger partial charge in [-0.05, 0) is 67.2 Å². The van der Waals surface area contributed by atoms with Crippen LogP contribution in [0, 0.1) is 13.8 Å². The first-order valence-electron chi connectivity index (χ1n) is 15.0. The van der Waals surface area contributed by atoms with E-state index in [4.69, 9.17) is 9.73 Å². The van der Waals surface area contributed by atoms with E-state index >= 15 is 0 Å². The number of aromatic amines is 1. The number of allylic oxidation sites excluding steroid dienone is 1. The minimum absolute atomic E-state index is 0.0344. The van der Waals surface area contributed by atoms with Crippen LogP contribution in [0.25, 0.3) is 33.9 Å². The fourth-order valence-electron chi connectivity index (χ4n) is 6.98. The number of rotatable bonds is 4. The van der Waals surface area contributed by atoms with Crippen LogP contribution in [0.3, 0.4) is 0 Å². The van der Waals surface area contributed by atoms with Gasteiger partial charge in [-0.15, -0.1) is 0 Å². The third-order valence-corrected chi connectivity index (χ3v) is 9.92. The van der Waals surface area contributed by atoms with Crippen LogP contribution in [0.4, 0.5) is 0 Å². The average Bonchev–Trinajstić information content (AvgIpc) is 3.57. The van der Waals surface area contributed by atoms with E-state index in [2.05, 4.69) is 79.5 Å². The highest BCUT2D eigenvalue weighted by molar-refractivity contribution is 7.07. The number of benzene rings is 4. The summed E-state index contributed by atoms with van der Waals surface area (Å²) < 4.78 is 8.41. The number of hydrogen-bond donors (Lipinski definition) is 1. The number of aryl methyl sites for hydroxylation is 3. The maximum Gasteiger partial charge on any atom is 0.271 e. The number of thiazole rings is 1. The third-order valence-electron chi connectivity index (χ3n) is 8.93. The summed E-state index contributed by atoms with van der Waals surface area (Å²) in [7, 11) is 1.69. The Hall–Kier alpha value is -4.94. The molecule has 8 rings (SSSR count). The molecule has 6 heteroatoms. The van der Waals surface area contributed by atoms with Crippen LogP contribution in [-0.4, -0.2) is 16.7 Å². The van der Waals surface area contributed by atoms with Crippen molar-refractivity contribution in [3.8, 4) is 17.0 Å². The smallest absolute Gasteiger partial charge is 0.271 e. The number of para-hydroxylation sites is 1. The summed E-state index contributed by atoms with van der Waals surface area (Å²) in [4.78, 5) is 24.2. The Morgan fingerprint density at radius 1 is 0.955 bits per heavy atom. The Morgan fingerprint density at radius 2 is 1.73 bits per heavy atom. The predicted molar refractivity (Wildman–Crippen MR) is 179 cm³/mol. The normalized spacial score (nSPS) is 16.0. The number of ether oxygens (including phenoxy) is 1. The second-order valence-corrected chi connectivity index (χ2v) is 12.6. The lowest BCUT2D eigenvalue weighted by atomic mass is 9.83. The van der Waals surface area contributed by atoms with E-state index in [1.165, 1.54) is 28.0 Å². The second kappa shape index (κ2) is 10.4. The van der Waals surface area contributed by atoms with Crippen molar-refractivity contribution in [3.63, 3.8) is 0 Å². The molecule has 0 bridgehead atoms. The van der Waals surface area contributed by atoms with E-state index in [9.17, 15) is 4.79 Å². The molecule has 2 aromatic heterocycles. The van der Waals surface area contributed by atoms with Crippen LogP contribution in [0.2, 0.25) is 0 Å². The van der Waals surface area contributed by atoms with Gasteiger partial charge in [0.25, 0.3) is 5.56 Å². The maximum absolute atomic E-state index is 14.6. The number of nitrogens with zero attached hydrogens (tertiary/aromatic N) is 2. The van der Waals surface area contributed by atoms with E-state index in [0.717, 1.165) is 68.7 Å². The Kier molecular flexibility index (Phi) is 6.27. The maximum atomic E-state index is 14.6. The second-order valence-electron chi connectivity index (χ2n) is 11.6. The van der Waals surface area contributed by atoms with E-state index in [-0.39, 0.29) is 11.6 Å². The minimum Gasteiger partial charge on any atom is -0.496 e. The zero-order valence-electron chi connectivity index (χ0n) is 24.8.